The van der Waals surface area contributed by atoms with Gasteiger partial charge in [-0.05, 0) is 55.5 Å². The first-order valence-corrected chi connectivity index (χ1v) is 9.39. The van der Waals surface area contributed by atoms with Crippen LogP contribution in [0, 0.1) is 5.92 Å². The van der Waals surface area contributed by atoms with Crippen LogP contribution < -0.4 is 10.2 Å². The molecule has 1 fully saturated rings. The van der Waals surface area contributed by atoms with Crippen molar-refractivity contribution in [1.29, 1.82) is 0 Å². The summed E-state index contributed by atoms with van der Waals surface area (Å²) in [5.41, 5.74) is 2.35. The summed E-state index contributed by atoms with van der Waals surface area (Å²) in [5.74, 6) is 0.0690. The molecule has 2 heterocycles. The van der Waals surface area contributed by atoms with Crippen molar-refractivity contribution in [3.63, 3.8) is 0 Å². The van der Waals surface area contributed by atoms with Crippen molar-refractivity contribution >= 4 is 23.2 Å². The fourth-order valence-electron chi connectivity index (χ4n) is 3.40. The predicted molar refractivity (Wildman–Crippen MR) is 104 cm³/mol. The second-order valence-corrected chi connectivity index (χ2v) is 7.02. The largest absolute Gasteiger partial charge is 0.388 e. The second-order valence-electron chi connectivity index (χ2n) is 6.58. The van der Waals surface area contributed by atoms with Crippen LogP contribution in [0.25, 0.3) is 0 Å². The van der Waals surface area contributed by atoms with Gasteiger partial charge >= 0.3 is 0 Å². The number of aliphatic hydroxyl groups excluding tert-OH is 1. The first-order valence-electron chi connectivity index (χ1n) is 9.01. The van der Waals surface area contributed by atoms with Gasteiger partial charge in [0.1, 0.15) is 5.69 Å². The van der Waals surface area contributed by atoms with Crippen molar-refractivity contribution in [2.45, 2.75) is 25.9 Å². The topological polar surface area (TPSA) is 65.5 Å². The van der Waals surface area contributed by atoms with Gasteiger partial charge in [-0.25, -0.2) is 0 Å². The summed E-state index contributed by atoms with van der Waals surface area (Å²) in [7, 11) is 0. The Hall–Kier alpha value is -2.11. The molecule has 0 bridgehead atoms. The molecule has 2 N–H and O–H groups in total. The SMILES string of the molecule is CCNC(=O)c1cc(N2CCC([C@@H](O)c3ccc(Cl)cc3)CC2)ccn1. The maximum absolute atomic E-state index is 12.0. The van der Waals surface area contributed by atoms with Crippen LogP contribution in [0.1, 0.15) is 41.9 Å². The zero-order valence-corrected chi connectivity index (χ0v) is 15.6. The average molecular weight is 374 g/mol. The Morgan fingerprint density at radius 1 is 1.31 bits per heavy atom. The van der Waals surface area contributed by atoms with Gasteiger partial charge in [-0.15, -0.1) is 0 Å². The molecular weight excluding hydrogens is 350 g/mol. The number of carbonyl (C=O) groups excluding carboxylic acids is 1. The third-order valence-corrected chi connectivity index (χ3v) is 5.13. The normalized spacial score (nSPS) is 16.3. The number of pyridine rings is 1. The van der Waals surface area contributed by atoms with Crippen LogP contribution in [0.15, 0.2) is 42.6 Å². The van der Waals surface area contributed by atoms with E-state index in [4.69, 9.17) is 11.6 Å². The molecule has 0 spiro atoms. The van der Waals surface area contributed by atoms with Gasteiger partial charge in [0.2, 0.25) is 0 Å². The van der Waals surface area contributed by atoms with Crippen LogP contribution in [-0.2, 0) is 0 Å². The number of rotatable bonds is 5. The summed E-state index contributed by atoms with van der Waals surface area (Å²) in [6, 6.07) is 11.2. The molecule has 1 aromatic heterocycles. The number of amides is 1. The molecule has 1 aliphatic rings. The zero-order chi connectivity index (χ0) is 18.5. The lowest BCUT2D eigenvalue weighted by Gasteiger charge is -2.35. The third kappa shape index (κ3) is 4.34. The first-order chi connectivity index (χ1) is 12.6. The summed E-state index contributed by atoms with van der Waals surface area (Å²) < 4.78 is 0. The van der Waals surface area contributed by atoms with Gasteiger partial charge in [0.05, 0.1) is 6.10 Å². The molecule has 1 aromatic carbocycles. The number of hydrogen-bond donors (Lipinski definition) is 2. The van der Waals surface area contributed by atoms with E-state index in [1.807, 2.05) is 43.3 Å². The summed E-state index contributed by atoms with van der Waals surface area (Å²) in [6.07, 6.45) is 2.98. The number of aliphatic hydroxyl groups is 1. The van der Waals surface area contributed by atoms with Gasteiger partial charge in [-0.2, -0.15) is 0 Å². The van der Waals surface area contributed by atoms with Gasteiger partial charge in [0.15, 0.2) is 0 Å². The number of carbonyl (C=O) groups is 1. The minimum atomic E-state index is -0.474. The molecule has 1 saturated heterocycles. The van der Waals surface area contributed by atoms with E-state index >= 15 is 0 Å². The Kier molecular flexibility index (Phi) is 6.12. The molecular formula is C20H24ClN3O2. The second kappa shape index (κ2) is 8.52. The lowest BCUT2D eigenvalue weighted by Crippen LogP contribution is -2.36. The van der Waals surface area contributed by atoms with E-state index in [1.165, 1.54) is 0 Å². The van der Waals surface area contributed by atoms with E-state index in [0.29, 0.717) is 17.3 Å². The smallest absolute Gasteiger partial charge is 0.269 e. The molecule has 1 aliphatic heterocycles. The van der Waals surface area contributed by atoms with Crippen LogP contribution in [0.5, 0.6) is 0 Å². The lowest BCUT2D eigenvalue weighted by molar-refractivity contribution is 0.0930. The summed E-state index contributed by atoms with van der Waals surface area (Å²) in [5, 5.41) is 14.1. The molecule has 3 rings (SSSR count). The van der Waals surface area contributed by atoms with E-state index < -0.39 is 6.10 Å². The number of anilines is 1. The van der Waals surface area contributed by atoms with Gasteiger partial charge in [0, 0.05) is 36.5 Å². The highest BCUT2D eigenvalue weighted by Crippen LogP contribution is 2.32. The molecule has 6 heteroatoms. The highest BCUT2D eigenvalue weighted by atomic mass is 35.5. The highest BCUT2D eigenvalue weighted by Gasteiger charge is 2.26. The fraction of sp³-hybridized carbons (Fsp3) is 0.400. The zero-order valence-electron chi connectivity index (χ0n) is 14.9. The van der Waals surface area contributed by atoms with Gasteiger partial charge in [0.25, 0.3) is 5.91 Å². The van der Waals surface area contributed by atoms with Crippen molar-refractivity contribution in [2.75, 3.05) is 24.5 Å². The molecule has 0 unspecified atom stereocenters. The molecule has 138 valence electrons. The van der Waals surface area contributed by atoms with Crippen molar-refractivity contribution in [2.24, 2.45) is 5.92 Å². The molecule has 2 aromatic rings. The Labute approximate surface area is 159 Å². The monoisotopic (exact) mass is 373 g/mol. The van der Waals surface area contributed by atoms with E-state index in [9.17, 15) is 9.90 Å². The van der Waals surface area contributed by atoms with Gasteiger partial charge < -0.3 is 15.3 Å². The summed E-state index contributed by atoms with van der Waals surface area (Å²) >= 11 is 5.92. The van der Waals surface area contributed by atoms with Crippen LogP contribution in [0.2, 0.25) is 5.02 Å². The van der Waals surface area contributed by atoms with Gasteiger partial charge in [-0.1, -0.05) is 23.7 Å². The molecule has 5 nitrogen and oxygen atoms in total. The number of halogens is 1. The van der Waals surface area contributed by atoms with Crippen molar-refractivity contribution in [1.82, 2.24) is 10.3 Å². The molecule has 1 atom stereocenters. The molecule has 0 saturated carbocycles. The standard InChI is InChI=1S/C20H24ClN3O2/c1-2-22-20(26)18-13-17(7-10-23-18)24-11-8-15(9-12-24)19(25)14-3-5-16(21)6-4-14/h3-7,10,13,15,19,25H,2,8-9,11-12H2,1H3,(H,22,26)/t19-/m0/s1. The minimum absolute atomic E-state index is 0.151. The number of nitrogens with one attached hydrogen (secondary N) is 1. The van der Waals surface area contributed by atoms with Crippen molar-refractivity contribution in [3.05, 3.63) is 58.9 Å². The van der Waals surface area contributed by atoms with Crippen LogP contribution in [0.4, 0.5) is 5.69 Å². The number of hydrogen-bond acceptors (Lipinski definition) is 4. The lowest BCUT2D eigenvalue weighted by atomic mass is 9.87. The average Bonchev–Trinajstić information content (AvgIpc) is 2.68. The van der Waals surface area contributed by atoms with Crippen LogP contribution in [0.3, 0.4) is 0 Å². The molecule has 0 radical (unpaired) electrons. The molecule has 26 heavy (non-hydrogen) atoms. The summed E-state index contributed by atoms with van der Waals surface area (Å²) in [6.45, 7) is 4.15. The van der Waals surface area contributed by atoms with Crippen molar-refractivity contribution in [3.8, 4) is 0 Å². The van der Waals surface area contributed by atoms with E-state index in [1.54, 1.807) is 6.20 Å². The maximum atomic E-state index is 12.0. The first kappa shape index (κ1) is 18.7. The Balaban J connectivity index is 1.62. The van der Waals surface area contributed by atoms with Crippen LogP contribution in [-0.4, -0.2) is 35.6 Å². The Bertz CT molecular complexity index is 743. The number of benzene rings is 1. The highest BCUT2D eigenvalue weighted by molar-refractivity contribution is 6.30. The Morgan fingerprint density at radius 2 is 2.00 bits per heavy atom. The maximum Gasteiger partial charge on any atom is 0.269 e. The van der Waals surface area contributed by atoms with Gasteiger partial charge in [-0.3, -0.25) is 9.78 Å². The quantitative estimate of drug-likeness (QED) is 0.842. The van der Waals surface area contributed by atoms with Crippen LogP contribution >= 0.6 is 11.6 Å². The number of piperidine rings is 1. The predicted octanol–water partition coefficient (Wildman–Crippen LogP) is 3.43. The van der Waals surface area contributed by atoms with E-state index in [0.717, 1.165) is 37.2 Å². The molecule has 1 amide bonds. The summed E-state index contributed by atoms with van der Waals surface area (Å²) in [4.78, 5) is 18.4. The Morgan fingerprint density at radius 3 is 2.65 bits per heavy atom. The minimum Gasteiger partial charge on any atom is -0.388 e. The number of nitrogens with zero attached hydrogens (tertiary/aromatic N) is 2. The fourth-order valence-corrected chi connectivity index (χ4v) is 3.52. The van der Waals surface area contributed by atoms with Crippen molar-refractivity contribution < 1.29 is 9.90 Å². The third-order valence-electron chi connectivity index (χ3n) is 4.88. The van der Waals surface area contributed by atoms with E-state index in [-0.39, 0.29) is 11.8 Å². The number of aromatic nitrogens is 1. The molecule has 0 aliphatic carbocycles. The van der Waals surface area contributed by atoms with E-state index in [2.05, 4.69) is 15.2 Å².